The Balaban J connectivity index is 1.68. The summed E-state index contributed by atoms with van der Waals surface area (Å²) in [5, 5.41) is 0. The van der Waals surface area contributed by atoms with Gasteiger partial charge in [-0.1, -0.05) is 26.8 Å². The second-order valence-corrected chi connectivity index (χ2v) is 8.02. The standard InChI is InChI=1S/C20H28N2O2/c1-20(2,3)19(24)22-11-5-10-21(12-13-22)18(23)17-9-8-15-6-4-7-16(15)14-17/h8-9,14H,4-7,10-13H2,1-3H3. The third-order valence-electron chi connectivity index (χ3n) is 5.06. The van der Waals surface area contributed by atoms with Crippen LogP contribution in [0.1, 0.15) is 55.1 Å². The molecule has 2 amide bonds. The quantitative estimate of drug-likeness (QED) is 0.795. The van der Waals surface area contributed by atoms with Crippen LogP contribution in [0.2, 0.25) is 0 Å². The summed E-state index contributed by atoms with van der Waals surface area (Å²) in [6.07, 6.45) is 4.26. The molecule has 3 rings (SSSR count). The lowest BCUT2D eigenvalue weighted by atomic mass is 9.94. The van der Waals surface area contributed by atoms with Gasteiger partial charge >= 0.3 is 0 Å². The van der Waals surface area contributed by atoms with Crippen molar-refractivity contribution in [3.05, 3.63) is 34.9 Å². The highest BCUT2D eigenvalue weighted by molar-refractivity contribution is 5.94. The Morgan fingerprint density at radius 3 is 2.29 bits per heavy atom. The van der Waals surface area contributed by atoms with Crippen molar-refractivity contribution < 1.29 is 9.59 Å². The molecule has 1 aliphatic heterocycles. The van der Waals surface area contributed by atoms with Gasteiger partial charge in [-0.3, -0.25) is 9.59 Å². The van der Waals surface area contributed by atoms with Crippen molar-refractivity contribution in [1.29, 1.82) is 0 Å². The maximum Gasteiger partial charge on any atom is 0.253 e. The Morgan fingerprint density at radius 2 is 1.54 bits per heavy atom. The Kier molecular flexibility index (Phi) is 4.66. The van der Waals surface area contributed by atoms with Gasteiger partial charge < -0.3 is 9.80 Å². The molecule has 1 aliphatic carbocycles. The van der Waals surface area contributed by atoms with Crippen LogP contribution in [-0.2, 0) is 17.6 Å². The van der Waals surface area contributed by atoms with Gasteiger partial charge in [0.25, 0.3) is 5.91 Å². The van der Waals surface area contributed by atoms with Crippen LogP contribution >= 0.6 is 0 Å². The summed E-state index contributed by atoms with van der Waals surface area (Å²) < 4.78 is 0. The van der Waals surface area contributed by atoms with Gasteiger partial charge in [0.15, 0.2) is 0 Å². The van der Waals surface area contributed by atoms with Crippen molar-refractivity contribution in [2.45, 2.75) is 46.5 Å². The molecule has 1 heterocycles. The number of amides is 2. The molecule has 130 valence electrons. The fourth-order valence-corrected chi connectivity index (χ4v) is 3.69. The van der Waals surface area contributed by atoms with Crippen molar-refractivity contribution >= 4 is 11.8 Å². The molecule has 24 heavy (non-hydrogen) atoms. The van der Waals surface area contributed by atoms with E-state index in [9.17, 15) is 9.59 Å². The van der Waals surface area contributed by atoms with Crippen LogP contribution in [-0.4, -0.2) is 47.8 Å². The maximum absolute atomic E-state index is 12.8. The number of fused-ring (bicyclic) bond motifs is 1. The summed E-state index contributed by atoms with van der Waals surface area (Å²) in [6.45, 7) is 8.58. The van der Waals surface area contributed by atoms with Gasteiger partial charge in [-0.15, -0.1) is 0 Å². The first-order valence-corrected chi connectivity index (χ1v) is 9.07. The lowest BCUT2D eigenvalue weighted by molar-refractivity contribution is -0.139. The molecule has 0 aromatic heterocycles. The van der Waals surface area contributed by atoms with Crippen molar-refractivity contribution in [2.24, 2.45) is 5.41 Å². The number of aryl methyl sites for hydroxylation is 2. The zero-order chi connectivity index (χ0) is 17.3. The van der Waals surface area contributed by atoms with Gasteiger partial charge in [-0.05, 0) is 48.9 Å². The molecule has 0 N–H and O–H groups in total. The molecule has 0 bridgehead atoms. The van der Waals surface area contributed by atoms with Gasteiger partial charge in [0.05, 0.1) is 0 Å². The zero-order valence-corrected chi connectivity index (χ0v) is 15.1. The van der Waals surface area contributed by atoms with Gasteiger partial charge in [0.1, 0.15) is 0 Å². The molecule has 0 spiro atoms. The minimum Gasteiger partial charge on any atom is -0.340 e. The molecular weight excluding hydrogens is 300 g/mol. The predicted octanol–water partition coefficient (Wildman–Crippen LogP) is 2.90. The largest absolute Gasteiger partial charge is 0.340 e. The van der Waals surface area contributed by atoms with Crippen LogP contribution in [0, 0.1) is 5.41 Å². The van der Waals surface area contributed by atoms with E-state index in [1.165, 1.54) is 17.5 Å². The van der Waals surface area contributed by atoms with Gasteiger partial charge in [0.2, 0.25) is 5.91 Å². The van der Waals surface area contributed by atoms with E-state index in [-0.39, 0.29) is 17.2 Å². The van der Waals surface area contributed by atoms with Crippen LogP contribution in [0.5, 0.6) is 0 Å². The van der Waals surface area contributed by atoms with E-state index in [0.717, 1.165) is 37.9 Å². The SMILES string of the molecule is CC(C)(C)C(=O)N1CCCN(C(=O)c2ccc3c(c2)CCC3)CC1. The summed E-state index contributed by atoms with van der Waals surface area (Å²) in [4.78, 5) is 29.1. The summed E-state index contributed by atoms with van der Waals surface area (Å²) in [6, 6.07) is 6.16. The maximum atomic E-state index is 12.8. The van der Waals surface area contributed by atoms with Crippen LogP contribution in [0.15, 0.2) is 18.2 Å². The number of hydrogen-bond acceptors (Lipinski definition) is 2. The lowest BCUT2D eigenvalue weighted by Gasteiger charge is -2.28. The van der Waals surface area contributed by atoms with Crippen molar-refractivity contribution in [2.75, 3.05) is 26.2 Å². The normalized spacial score (nSPS) is 18.3. The first-order valence-electron chi connectivity index (χ1n) is 9.07. The minimum absolute atomic E-state index is 0.106. The van der Waals surface area contributed by atoms with Gasteiger partial charge in [0, 0.05) is 37.2 Å². The van der Waals surface area contributed by atoms with E-state index in [4.69, 9.17) is 0 Å². The van der Waals surface area contributed by atoms with Crippen molar-refractivity contribution in [3.63, 3.8) is 0 Å². The van der Waals surface area contributed by atoms with Crippen molar-refractivity contribution in [1.82, 2.24) is 9.80 Å². The zero-order valence-electron chi connectivity index (χ0n) is 15.1. The molecule has 1 aromatic rings. The second kappa shape index (κ2) is 6.58. The molecule has 4 nitrogen and oxygen atoms in total. The Morgan fingerprint density at radius 1 is 0.875 bits per heavy atom. The van der Waals surface area contributed by atoms with E-state index in [1.807, 2.05) is 36.6 Å². The predicted molar refractivity (Wildman–Crippen MR) is 95.0 cm³/mol. The van der Waals surface area contributed by atoms with E-state index in [0.29, 0.717) is 13.1 Å². The highest BCUT2D eigenvalue weighted by Gasteiger charge is 2.29. The summed E-state index contributed by atoms with van der Waals surface area (Å²) >= 11 is 0. The van der Waals surface area contributed by atoms with Crippen LogP contribution < -0.4 is 0 Å². The Bertz CT molecular complexity index is 646. The van der Waals surface area contributed by atoms with Crippen LogP contribution in [0.25, 0.3) is 0 Å². The minimum atomic E-state index is -0.362. The fourth-order valence-electron chi connectivity index (χ4n) is 3.69. The molecular formula is C20H28N2O2. The third kappa shape index (κ3) is 3.47. The number of nitrogens with zero attached hydrogens (tertiary/aromatic N) is 2. The molecule has 2 aliphatic rings. The number of rotatable bonds is 1. The number of benzene rings is 1. The highest BCUT2D eigenvalue weighted by atomic mass is 16.2. The lowest BCUT2D eigenvalue weighted by Crippen LogP contribution is -2.42. The average molecular weight is 328 g/mol. The Labute approximate surface area is 144 Å². The van der Waals surface area contributed by atoms with Crippen molar-refractivity contribution in [3.8, 4) is 0 Å². The molecule has 1 fully saturated rings. The van der Waals surface area contributed by atoms with E-state index < -0.39 is 0 Å². The van der Waals surface area contributed by atoms with Crippen LogP contribution in [0.4, 0.5) is 0 Å². The molecule has 0 radical (unpaired) electrons. The van der Waals surface area contributed by atoms with E-state index in [1.54, 1.807) is 0 Å². The molecule has 0 unspecified atom stereocenters. The summed E-state index contributed by atoms with van der Waals surface area (Å²) in [7, 11) is 0. The topological polar surface area (TPSA) is 40.6 Å². The van der Waals surface area contributed by atoms with Crippen LogP contribution in [0.3, 0.4) is 0 Å². The molecule has 1 aromatic carbocycles. The third-order valence-corrected chi connectivity index (χ3v) is 5.06. The first-order chi connectivity index (χ1) is 11.4. The average Bonchev–Trinajstić information content (AvgIpc) is 2.87. The van der Waals surface area contributed by atoms with E-state index >= 15 is 0 Å². The molecule has 4 heteroatoms. The number of carbonyl (C=O) groups is 2. The molecule has 0 saturated carbocycles. The van der Waals surface area contributed by atoms with E-state index in [2.05, 4.69) is 12.1 Å². The van der Waals surface area contributed by atoms with Gasteiger partial charge in [-0.2, -0.15) is 0 Å². The number of carbonyl (C=O) groups excluding carboxylic acids is 2. The Hall–Kier alpha value is -1.84. The smallest absolute Gasteiger partial charge is 0.253 e. The molecule has 0 atom stereocenters. The summed E-state index contributed by atoms with van der Waals surface area (Å²) in [5.41, 5.74) is 3.16. The first kappa shape index (κ1) is 17.0. The monoisotopic (exact) mass is 328 g/mol. The van der Waals surface area contributed by atoms with Gasteiger partial charge in [-0.25, -0.2) is 0 Å². The fraction of sp³-hybridized carbons (Fsp3) is 0.600. The molecule has 1 saturated heterocycles. The summed E-state index contributed by atoms with van der Waals surface area (Å²) in [5.74, 6) is 0.282. The highest BCUT2D eigenvalue weighted by Crippen LogP contribution is 2.24. The number of hydrogen-bond donors (Lipinski definition) is 0. The second-order valence-electron chi connectivity index (χ2n) is 8.02.